The van der Waals surface area contributed by atoms with Gasteiger partial charge in [-0.25, -0.2) is 8.42 Å². The number of allylic oxidation sites excluding steroid dienone is 2. The molecule has 2 aromatic carbocycles. The fourth-order valence-electron chi connectivity index (χ4n) is 3.54. The molecule has 0 saturated heterocycles. The minimum absolute atomic E-state index is 0.0732. The first-order valence-electron chi connectivity index (χ1n) is 9.49. The zero-order valence-electron chi connectivity index (χ0n) is 16.9. The molecule has 152 valence electrons. The third kappa shape index (κ3) is 3.70. The van der Waals surface area contributed by atoms with Crippen LogP contribution in [0.15, 0.2) is 53.1 Å². The van der Waals surface area contributed by atoms with Gasteiger partial charge in [-0.05, 0) is 39.3 Å². The van der Waals surface area contributed by atoms with Crippen LogP contribution in [0.3, 0.4) is 0 Å². The molecule has 0 unspecified atom stereocenters. The van der Waals surface area contributed by atoms with E-state index in [0.717, 1.165) is 11.1 Å². The lowest BCUT2D eigenvalue weighted by Crippen LogP contribution is -2.37. The van der Waals surface area contributed by atoms with E-state index in [9.17, 15) is 18.0 Å². The lowest BCUT2D eigenvalue weighted by atomic mass is 9.92. The molecule has 0 atom stereocenters. The molecule has 0 aromatic heterocycles. The summed E-state index contributed by atoms with van der Waals surface area (Å²) >= 11 is 0. The van der Waals surface area contributed by atoms with Crippen molar-refractivity contribution in [2.24, 2.45) is 0 Å². The molecule has 0 spiro atoms. The van der Waals surface area contributed by atoms with Crippen LogP contribution >= 0.6 is 0 Å². The monoisotopic (exact) mass is 412 g/mol. The van der Waals surface area contributed by atoms with E-state index in [-0.39, 0.29) is 16.8 Å². The van der Waals surface area contributed by atoms with E-state index in [1.807, 2.05) is 26.8 Å². The number of nitrogens with zero attached hydrogens (tertiary/aromatic N) is 1. The lowest BCUT2D eigenvalue weighted by Gasteiger charge is -2.29. The molecule has 7 heteroatoms. The predicted octanol–water partition coefficient (Wildman–Crippen LogP) is 3.68. The molecule has 0 radical (unpaired) electrons. The Labute approximate surface area is 171 Å². The normalized spacial score (nSPS) is 14.1. The number of benzene rings is 2. The number of carbonyl (C=O) groups is 2. The zero-order valence-corrected chi connectivity index (χ0v) is 17.8. The van der Waals surface area contributed by atoms with Crippen LogP contribution in [0.2, 0.25) is 0 Å². The largest absolute Gasteiger partial charge is 0.368 e. The van der Waals surface area contributed by atoms with Gasteiger partial charge in [0, 0.05) is 24.2 Å². The van der Waals surface area contributed by atoms with Crippen molar-refractivity contribution < 1.29 is 18.0 Å². The van der Waals surface area contributed by atoms with Crippen molar-refractivity contribution in [3.63, 3.8) is 0 Å². The minimum atomic E-state index is -4.29. The van der Waals surface area contributed by atoms with Crippen LogP contribution in [0.25, 0.3) is 0 Å². The van der Waals surface area contributed by atoms with Gasteiger partial charge >= 0.3 is 0 Å². The maximum Gasteiger partial charge on any atom is 0.268 e. The number of rotatable bonds is 6. The number of nitrogens with one attached hydrogen (secondary N) is 1. The molecule has 1 aliphatic carbocycles. The van der Waals surface area contributed by atoms with Gasteiger partial charge < -0.3 is 4.90 Å². The number of likely N-dealkylation sites (N-methyl/N-ethyl adjacent to an activating group) is 1. The summed E-state index contributed by atoms with van der Waals surface area (Å²) in [4.78, 5) is 27.5. The highest BCUT2D eigenvalue weighted by Gasteiger charge is 2.41. The fourth-order valence-corrected chi connectivity index (χ4v) is 4.99. The molecule has 2 aromatic rings. The molecule has 3 rings (SSSR count). The Hall–Kier alpha value is -2.93. The van der Waals surface area contributed by atoms with Crippen LogP contribution in [0.1, 0.15) is 45.7 Å². The highest BCUT2D eigenvalue weighted by molar-refractivity contribution is 7.97. The first-order valence-corrected chi connectivity index (χ1v) is 11.0. The average molecular weight is 413 g/mol. The van der Waals surface area contributed by atoms with Gasteiger partial charge in [0.2, 0.25) is 11.6 Å². The minimum Gasteiger partial charge on any atom is -0.368 e. The third-order valence-corrected chi connectivity index (χ3v) is 6.43. The maximum absolute atomic E-state index is 13.3. The highest BCUT2D eigenvalue weighted by atomic mass is 32.2. The van der Waals surface area contributed by atoms with Crippen molar-refractivity contribution in [2.45, 2.75) is 27.7 Å². The van der Waals surface area contributed by atoms with Crippen LogP contribution < -0.4 is 4.72 Å². The summed E-state index contributed by atoms with van der Waals surface area (Å²) in [5, 5.41) is 0. The molecule has 0 saturated carbocycles. The first-order chi connectivity index (χ1) is 13.7. The number of anilines is 1. The standard InChI is InChI=1S/C22H24N2O4S/c1-5-24(6-2)19-20(25)16-9-7-8-10-17(16)21(26)22(19)29(27,28)23-18-12-11-14(3)13-15(18)4/h7-13,23H,5-6H2,1-4H3. The fraction of sp³-hybridized carbons (Fsp3) is 0.273. The Kier molecular flexibility index (Phi) is 5.61. The molecule has 0 fully saturated rings. The molecular formula is C22H24N2O4S. The van der Waals surface area contributed by atoms with Gasteiger partial charge in [0.15, 0.2) is 4.91 Å². The Morgan fingerprint density at radius 2 is 1.48 bits per heavy atom. The SMILES string of the molecule is CCN(CC)C1=C(S(=O)(=O)Nc2ccc(C)cc2C)C(=O)c2ccccc2C1=O. The molecule has 0 aliphatic heterocycles. The van der Waals surface area contributed by atoms with Gasteiger partial charge in [0.05, 0.1) is 5.69 Å². The molecule has 1 aliphatic rings. The van der Waals surface area contributed by atoms with Gasteiger partial charge in [-0.3, -0.25) is 14.3 Å². The van der Waals surface area contributed by atoms with Crippen LogP contribution in [0.4, 0.5) is 5.69 Å². The number of aryl methyl sites for hydroxylation is 2. The summed E-state index contributed by atoms with van der Waals surface area (Å²) < 4.78 is 29.2. The Morgan fingerprint density at radius 1 is 0.897 bits per heavy atom. The number of ketones is 2. The van der Waals surface area contributed by atoms with Crippen LogP contribution in [-0.2, 0) is 10.0 Å². The summed E-state index contributed by atoms with van der Waals surface area (Å²) in [6.45, 7) is 8.12. The highest BCUT2D eigenvalue weighted by Crippen LogP contribution is 2.32. The summed E-state index contributed by atoms with van der Waals surface area (Å²) in [6, 6.07) is 11.6. The van der Waals surface area contributed by atoms with E-state index in [2.05, 4.69) is 4.72 Å². The Balaban J connectivity index is 2.21. The first kappa shape index (κ1) is 20.8. The molecule has 0 amide bonds. The molecular weight excluding hydrogens is 388 g/mol. The van der Waals surface area contributed by atoms with E-state index < -0.39 is 26.5 Å². The van der Waals surface area contributed by atoms with Crippen molar-refractivity contribution in [3.8, 4) is 0 Å². The summed E-state index contributed by atoms with van der Waals surface area (Å²) in [5.41, 5.74) is 2.36. The molecule has 0 heterocycles. The van der Waals surface area contributed by atoms with E-state index in [4.69, 9.17) is 0 Å². The van der Waals surface area contributed by atoms with E-state index in [1.165, 1.54) is 6.07 Å². The van der Waals surface area contributed by atoms with E-state index in [0.29, 0.717) is 18.8 Å². The second kappa shape index (κ2) is 7.83. The third-order valence-electron chi connectivity index (χ3n) is 5.03. The quantitative estimate of drug-likeness (QED) is 0.783. The number of sulfonamides is 1. The van der Waals surface area contributed by atoms with Crippen molar-refractivity contribution in [2.75, 3.05) is 17.8 Å². The maximum atomic E-state index is 13.3. The summed E-state index contributed by atoms with van der Waals surface area (Å²) in [6.07, 6.45) is 0. The smallest absolute Gasteiger partial charge is 0.268 e. The van der Waals surface area contributed by atoms with Crippen molar-refractivity contribution >= 4 is 27.3 Å². The number of fused-ring (bicyclic) bond motifs is 1. The summed E-state index contributed by atoms with van der Waals surface area (Å²) in [7, 11) is -4.29. The molecule has 6 nitrogen and oxygen atoms in total. The Morgan fingerprint density at radius 3 is 2.03 bits per heavy atom. The van der Waals surface area contributed by atoms with Crippen molar-refractivity contribution in [1.29, 1.82) is 0 Å². The summed E-state index contributed by atoms with van der Waals surface area (Å²) in [5.74, 6) is -1.12. The molecule has 29 heavy (non-hydrogen) atoms. The van der Waals surface area contributed by atoms with Crippen LogP contribution in [0.5, 0.6) is 0 Å². The lowest BCUT2D eigenvalue weighted by molar-refractivity contribution is 0.0949. The van der Waals surface area contributed by atoms with Gasteiger partial charge in [-0.1, -0.05) is 42.0 Å². The average Bonchev–Trinajstić information content (AvgIpc) is 2.68. The van der Waals surface area contributed by atoms with Crippen molar-refractivity contribution in [1.82, 2.24) is 4.90 Å². The van der Waals surface area contributed by atoms with Gasteiger partial charge in [-0.2, -0.15) is 0 Å². The second-order valence-electron chi connectivity index (χ2n) is 6.98. The number of carbonyl (C=O) groups excluding carboxylic acids is 2. The number of Topliss-reactive ketones (excluding diaryl/α,β-unsaturated/α-hetero) is 2. The zero-order chi connectivity index (χ0) is 21.3. The topological polar surface area (TPSA) is 83.6 Å². The van der Waals surface area contributed by atoms with Gasteiger partial charge in [0.1, 0.15) is 5.70 Å². The Bertz CT molecular complexity index is 1130. The van der Waals surface area contributed by atoms with Gasteiger partial charge in [-0.15, -0.1) is 0 Å². The van der Waals surface area contributed by atoms with E-state index in [1.54, 1.807) is 42.2 Å². The van der Waals surface area contributed by atoms with Crippen molar-refractivity contribution in [3.05, 3.63) is 75.3 Å². The van der Waals surface area contributed by atoms with Crippen LogP contribution in [-0.4, -0.2) is 38.0 Å². The van der Waals surface area contributed by atoms with Gasteiger partial charge in [0.25, 0.3) is 10.0 Å². The molecule has 0 bridgehead atoms. The van der Waals surface area contributed by atoms with Crippen LogP contribution in [0, 0.1) is 13.8 Å². The second-order valence-corrected chi connectivity index (χ2v) is 8.60. The molecule has 1 N–H and O–H groups in total. The van der Waals surface area contributed by atoms with E-state index >= 15 is 0 Å². The number of hydrogen-bond acceptors (Lipinski definition) is 5. The number of hydrogen-bond donors (Lipinski definition) is 1. The predicted molar refractivity (Wildman–Crippen MR) is 114 cm³/mol.